The van der Waals surface area contributed by atoms with E-state index in [4.69, 9.17) is 0 Å². The molecule has 4 unspecified atom stereocenters. The molecule has 0 heterocycles. The van der Waals surface area contributed by atoms with Gasteiger partial charge < -0.3 is 0 Å². The van der Waals surface area contributed by atoms with Crippen LogP contribution < -0.4 is 0 Å². The van der Waals surface area contributed by atoms with Crippen LogP contribution in [-0.4, -0.2) is 0 Å². The third-order valence-corrected chi connectivity index (χ3v) is 5.51. The smallest absolute Gasteiger partial charge is 0.0686 e. The van der Waals surface area contributed by atoms with Gasteiger partial charge in [-0.1, -0.05) is 65.7 Å². The second-order valence-electron chi connectivity index (χ2n) is 7.03. The van der Waals surface area contributed by atoms with Gasteiger partial charge in [-0.25, -0.2) is 0 Å². The van der Waals surface area contributed by atoms with Gasteiger partial charge in [-0.2, -0.15) is 5.26 Å². The molecule has 2 saturated carbocycles. The molecule has 0 aromatic heterocycles. The fourth-order valence-electron chi connectivity index (χ4n) is 4.66. The summed E-state index contributed by atoms with van der Waals surface area (Å²) in [5.41, 5.74) is -0.0568. The third-order valence-electron chi connectivity index (χ3n) is 5.51. The molecule has 0 aliphatic heterocycles. The van der Waals surface area contributed by atoms with Crippen LogP contribution in [0.25, 0.3) is 0 Å². The van der Waals surface area contributed by atoms with Crippen molar-refractivity contribution in [3.63, 3.8) is 0 Å². The van der Waals surface area contributed by atoms with E-state index >= 15 is 0 Å². The van der Waals surface area contributed by atoms with Gasteiger partial charge in [0.05, 0.1) is 11.5 Å². The van der Waals surface area contributed by atoms with Crippen molar-refractivity contribution in [2.45, 2.75) is 91.9 Å². The molecule has 20 heavy (non-hydrogen) atoms. The highest BCUT2D eigenvalue weighted by Crippen LogP contribution is 2.48. The Bertz CT molecular complexity index is 301. The van der Waals surface area contributed by atoms with Crippen molar-refractivity contribution >= 4 is 0 Å². The van der Waals surface area contributed by atoms with Crippen LogP contribution in [0.4, 0.5) is 0 Å². The van der Waals surface area contributed by atoms with Crippen LogP contribution in [0.1, 0.15) is 91.9 Å². The number of nitrogens with zero attached hydrogens (tertiary/aromatic N) is 1. The van der Waals surface area contributed by atoms with Crippen molar-refractivity contribution in [2.75, 3.05) is 0 Å². The van der Waals surface area contributed by atoms with Crippen LogP contribution in [0.15, 0.2) is 0 Å². The van der Waals surface area contributed by atoms with Crippen LogP contribution in [-0.2, 0) is 0 Å². The van der Waals surface area contributed by atoms with Crippen LogP contribution >= 0.6 is 0 Å². The molecule has 0 amide bonds. The van der Waals surface area contributed by atoms with Crippen molar-refractivity contribution in [3.05, 3.63) is 0 Å². The number of rotatable bonds is 4. The lowest BCUT2D eigenvalue weighted by molar-refractivity contribution is 0.0766. The number of hydrogen-bond acceptors (Lipinski definition) is 1. The quantitative estimate of drug-likeness (QED) is 0.588. The minimum Gasteiger partial charge on any atom is -0.198 e. The van der Waals surface area contributed by atoms with E-state index in [1.807, 2.05) is 13.8 Å². The zero-order valence-corrected chi connectivity index (χ0v) is 14.3. The van der Waals surface area contributed by atoms with E-state index in [9.17, 15) is 5.26 Å². The summed E-state index contributed by atoms with van der Waals surface area (Å²) in [5, 5.41) is 9.49. The predicted molar refractivity (Wildman–Crippen MR) is 87.4 cm³/mol. The van der Waals surface area contributed by atoms with Crippen LogP contribution in [0, 0.1) is 34.5 Å². The van der Waals surface area contributed by atoms with E-state index in [2.05, 4.69) is 19.9 Å². The van der Waals surface area contributed by atoms with Crippen molar-refractivity contribution in [2.24, 2.45) is 23.2 Å². The number of fused-ring (bicyclic) bond motifs is 1. The Morgan fingerprint density at radius 3 is 2.35 bits per heavy atom. The molecule has 0 aromatic carbocycles. The fourth-order valence-corrected chi connectivity index (χ4v) is 4.66. The highest BCUT2D eigenvalue weighted by molar-refractivity contribution is 4.98. The third kappa shape index (κ3) is 4.51. The normalized spacial score (nSPS) is 32.0. The first-order valence-corrected chi connectivity index (χ1v) is 9.10. The van der Waals surface area contributed by atoms with E-state index < -0.39 is 0 Å². The molecule has 0 spiro atoms. The van der Waals surface area contributed by atoms with Crippen molar-refractivity contribution in [3.8, 4) is 6.07 Å². The average Bonchev–Trinajstić information content (AvgIpc) is 2.50. The predicted octanol–water partition coefficient (Wildman–Crippen LogP) is 6.34. The molecule has 2 fully saturated rings. The highest BCUT2D eigenvalue weighted by atomic mass is 14.4. The van der Waals surface area contributed by atoms with Gasteiger partial charge in [0, 0.05) is 0 Å². The van der Waals surface area contributed by atoms with Gasteiger partial charge in [-0.3, -0.25) is 0 Å². The van der Waals surface area contributed by atoms with Gasteiger partial charge in [0.25, 0.3) is 0 Å². The largest absolute Gasteiger partial charge is 0.198 e. The maximum atomic E-state index is 9.49. The second-order valence-corrected chi connectivity index (χ2v) is 7.03. The summed E-state index contributed by atoms with van der Waals surface area (Å²) >= 11 is 0. The van der Waals surface area contributed by atoms with Crippen molar-refractivity contribution < 1.29 is 0 Å². The molecule has 0 aromatic rings. The van der Waals surface area contributed by atoms with Gasteiger partial charge in [-0.05, 0) is 43.9 Å². The molecule has 2 aliphatic rings. The molecule has 4 atom stereocenters. The first-order valence-electron chi connectivity index (χ1n) is 9.10. The summed E-state index contributed by atoms with van der Waals surface area (Å²) in [4.78, 5) is 0. The van der Waals surface area contributed by atoms with E-state index in [-0.39, 0.29) is 5.41 Å². The van der Waals surface area contributed by atoms with Crippen LogP contribution in [0.5, 0.6) is 0 Å². The monoisotopic (exact) mass is 277 g/mol. The molecule has 2 rings (SSSR count). The van der Waals surface area contributed by atoms with Gasteiger partial charge in [0.2, 0.25) is 0 Å². The minimum absolute atomic E-state index is 0.0568. The Balaban J connectivity index is 0.000000956. The molecule has 0 saturated heterocycles. The Labute approximate surface area is 127 Å². The molecule has 116 valence electrons. The van der Waals surface area contributed by atoms with E-state index in [0.717, 1.165) is 30.6 Å². The topological polar surface area (TPSA) is 23.8 Å². The molecular formula is C19H35N. The Morgan fingerprint density at radius 2 is 1.70 bits per heavy atom. The van der Waals surface area contributed by atoms with E-state index in [0.29, 0.717) is 0 Å². The number of nitriles is 1. The zero-order chi connectivity index (χ0) is 15.0. The zero-order valence-electron chi connectivity index (χ0n) is 14.3. The molecule has 0 bridgehead atoms. The molecule has 0 radical (unpaired) electrons. The second kappa shape index (κ2) is 8.71. The molecular weight excluding hydrogens is 242 g/mol. The Kier molecular flexibility index (Phi) is 7.63. The van der Waals surface area contributed by atoms with Gasteiger partial charge in [-0.15, -0.1) is 0 Å². The lowest BCUT2D eigenvalue weighted by atomic mass is 9.61. The van der Waals surface area contributed by atoms with Crippen LogP contribution in [0.2, 0.25) is 0 Å². The summed E-state index contributed by atoms with van der Waals surface area (Å²) in [6.45, 7) is 8.41. The van der Waals surface area contributed by atoms with Gasteiger partial charge >= 0.3 is 0 Å². The fraction of sp³-hybridized carbons (Fsp3) is 0.947. The summed E-state index contributed by atoms with van der Waals surface area (Å²) < 4.78 is 0. The van der Waals surface area contributed by atoms with E-state index in [1.165, 1.54) is 51.4 Å². The minimum atomic E-state index is -0.0568. The Hall–Kier alpha value is -0.510. The summed E-state index contributed by atoms with van der Waals surface area (Å²) in [6.07, 6.45) is 13.5. The lowest BCUT2D eigenvalue weighted by Crippen LogP contribution is -2.34. The van der Waals surface area contributed by atoms with Gasteiger partial charge in [0.1, 0.15) is 0 Å². The lowest BCUT2D eigenvalue weighted by Gasteiger charge is -2.43. The molecule has 1 nitrogen and oxygen atoms in total. The summed E-state index contributed by atoms with van der Waals surface area (Å²) in [7, 11) is 0. The first-order chi connectivity index (χ1) is 9.68. The SMILES string of the molecule is CC.CCCC(C)(C#N)CC1CCCC2CCCCC21. The summed E-state index contributed by atoms with van der Waals surface area (Å²) in [6, 6.07) is 2.62. The summed E-state index contributed by atoms with van der Waals surface area (Å²) in [5.74, 6) is 2.80. The van der Waals surface area contributed by atoms with Gasteiger partial charge in [0.15, 0.2) is 0 Å². The van der Waals surface area contributed by atoms with Crippen molar-refractivity contribution in [1.29, 1.82) is 5.26 Å². The Morgan fingerprint density at radius 1 is 1.05 bits per heavy atom. The molecule has 1 heteroatoms. The van der Waals surface area contributed by atoms with Crippen LogP contribution in [0.3, 0.4) is 0 Å². The van der Waals surface area contributed by atoms with Crippen molar-refractivity contribution in [1.82, 2.24) is 0 Å². The maximum absolute atomic E-state index is 9.49. The molecule has 0 N–H and O–H groups in total. The molecule has 2 aliphatic carbocycles. The number of hydrogen-bond donors (Lipinski definition) is 0. The average molecular weight is 277 g/mol. The van der Waals surface area contributed by atoms with E-state index in [1.54, 1.807) is 0 Å². The highest BCUT2D eigenvalue weighted by Gasteiger charge is 2.38. The standard InChI is InChI=1S/C17H29N.C2H6/c1-3-11-17(2,13-18)12-15-9-6-8-14-7-4-5-10-16(14)15;1-2/h14-16H,3-12H2,1-2H3;1-2H3. The first kappa shape index (κ1) is 17.5. The maximum Gasteiger partial charge on any atom is 0.0686 e.